The van der Waals surface area contributed by atoms with E-state index in [-0.39, 0.29) is 0 Å². The molecule has 0 amide bonds. The number of hydrogen-bond donors (Lipinski definition) is 0. The van der Waals surface area contributed by atoms with Crippen LogP contribution in [0.25, 0.3) is 69.7 Å². The molecule has 0 saturated heterocycles. The van der Waals surface area contributed by atoms with Crippen LogP contribution in [-0.4, -0.2) is 52.9 Å². The fraction of sp³-hybridized carbons (Fsp3) is 0.200. The van der Waals surface area contributed by atoms with Gasteiger partial charge in [0.15, 0.2) is 46.0 Å². The lowest BCUT2D eigenvalue weighted by atomic mass is 10.1. The summed E-state index contributed by atoms with van der Waals surface area (Å²) in [5.41, 5.74) is 2.36. The molecule has 0 bridgehead atoms. The highest BCUT2D eigenvalue weighted by Gasteiger charge is 2.30. The predicted molar refractivity (Wildman–Crippen MR) is 231 cm³/mol. The summed E-state index contributed by atoms with van der Waals surface area (Å²) in [4.78, 5) is 13.8. The maximum atomic E-state index is 6.22. The molecule has 0 atom stereocenters. The van der Waals surface area contributed by atoms with Crippen LogP contribution < -0.4 is 37.9 Å². The van der Waals surface area contributed by atoms with Gasteiger partial charge < -0.3 is 37.9 Å². The number of fused-ring (bicyclic) bond motifs is 4. The summed E-state index contributed by atoms with van der Waals surface area (Å²) in [6.45, 7) is 4.44. The quantitative estimate of drug-likeness (QED) is 0.157. The Morgan fingerprint density at radius 2 is 0.607 bits per heavy atom. The fourth-order valence-electron chi connectivity index (χ4n) is 7.05. The molecule has 12 rings (SSSR count). The van der Waals surface area contributed by atoms with Gasteiger partial charge in [0.25, 0.3) is 0 Å². The summed E-state index contributed by atoms with van der Waals surface area (Å²) in [5.74, 6) is 6.63. The number of rotatable bonds is 7. The van der Waals surface area contributed by atoms with Gasteiger partial charge >= 0.3 is 0 Å². The zero-order chi connectivity index (χ0) is 36.7. The molecule has 282 valence electrons. The van der Waals surface area contributed by atoms with Gasteiger partial charge in [-0.3, -0.25) is 0 Å². The van der Waals surface area contributed by atoms with Crippen molar-refractivity contribution in [1.29, 1.82) is 0 Å². The molecular formula is C40H26O8S8. The zero-order valence-corrected chi connectivity index (χ0v) is 35.5. The van der Waals surface area contributed by atoms with Crippen LogP contribution in [0.15, 0.2) is 57.9 Å². The van der Waals surface area contributed by atoms with E-state index in [4.69, 9.17) is 37.9 Å². The van der Waals surface area contributed by atoms with Gasteiger partial charge in [-0.1, -0.05) is 0 Å². The van der Waals surface area contributed by atoms with Crippen LogP contribution in [0.1, 0.15) is 0 Å². The molecular weight excluding hydrogens is 865 g/mol. The molecule has 4 aliphatic heterocycles. The first-order chi connectivity index (χ1) is 27.7. The average molecular weight is 891 g/mol. The van der Waals surface area contributed by atoms with Crippen molar-refractivity contribution in [3.63, 3.8) is 0 Å². The van der Waals surface area contributed by atoms with E-state index in [1.54, 1.807) is 90.7 Å². The fourth-order valence-corrected chi connectivity index (χ4v) is 15.9. The smallest absolute Gasteiger partial charge is 0.180 e. The van der Waals surface area contributed by atoms with E-state index >= 15 is 0 Å². The second kappa shape index (κ2) is 13.8. The lowest BCUT2D eigenvalue weighted by molar-refractivity contribution is 0.174. The standard InChI is InChI=1S/C40H26O8S8/c1-3-27(37-31-21(15-49-37)41-5-9-45-31)53-25(1)19-13-29(39-33-23(17-51-39)43-7-11-47-33)55-35(19)36-20(14-30(56-36)40-34-24(18-52-40)44-8-12-48-34)26-2-4-28(54-26)38-32-22(16-50-38)42-6-10-46-32/h1-4,13-18H,5-12H2. The number of hydrogen-bond acceptors (Lipinski definition) is 16. The Morgan fingerprint density at radius 3 is 0.964 bits per heavy atom. The Labute approximate surface area is 352 Å². The highest BCUT2D eigenvalue weighted by molar-refractivity contribution is 7.30. The summed E-state index contributed by atoms with van der Waals surface area (Å²) in [6, 6.07) is 13.6. The van der Waals surface area contributed by atoms with Gasteiger partial charge in [-0.25, -0.2) is 0 Å². The van der Waals surface area contributed by atoms with Gasteiger partial charge in [0, 0.05) is 61.9 Å². The molecule has 0 N–H and O–H groups in total. The van der Waals surface area contributed by atoms with Crippen molar-refractivity contribution < 1.29 is 37.9 Å². The summed E-state index contributed by atoms with van der Waals surface area (Å²) >= 11 is 13.9. The first kappa shape index (κ1) is 34.1. The normalized spacial score (nSPS) is 15.4. The topological polar surface area (TPSA) is 73.8 Å². The minimum Gasteiger partial charge on any atom is -0.485 e. The van der Waals surface area contributed by atoms with E-state index in [1.807, 2.05) is 0 Å². The van der Waals surface area contributed by atoms with Crippen molar-refractivity contribution in [2.75, 3.05) is 52.9 Å². The third kappa shape index (κ3) is 5.63. The Morgan fingerprint density at radius 1 is 0.304 bits per heavy atom. The summed E-state index contributed by atoms with van der Waals surface area (Å²) < 4.78 is 48.5. The van der Waals surface area contributed by atoms with E-state index in [2.05, 4.69) is 57.9 Å². The second-order valence-corrected chi connectivity index (χ2v) is 20.6. The van der Waals surface area contributed by atoms with Gasteiger partial charge in [0.05, 0.1) is 29.3 Å². The molecule has 0 spiro atoms. The largest absolute Gasteiger partial charge is 0.485 e. The van der Waals surface area contributed by atoms with E-state index in [0.717, 1.165) is 85.0 Å². The van der Waals surface area contributed by atoms with Crippen molar-refractivity contribution >= 4 is 90.7 Å². The molecule has 0 aliphatic carbocycles. The van der Waals surface area contributed by atoms with E-state index in [1.165, 1.54) is 30.6 Å². The van der Waals surface area contributed by atoms with Gasteiger partial charge in [-0.15, -0.1) is 90.7 Å². The van der Waals surface area contributed by atoms with Gasteiger partial charge in [-0.05, 0) is 36.4 Å². The molecule has 56 heavy (non-hydrogen) atoms. The maximum Gasteiger partial charge on any atom is 0.180 e. The lowest BCUT2D eigenvalue weighted by Crippen LogP contribution is -2.14. The van der Waals surface area contributed by atoms with E-state index < -0.39 is 0 Å². The van der Waals surface area contributed by atoms with Gasteiger partial charge in [0.2, 0.25) is 0 Å². The van der Waals surface area contributed by atoms with E-state index in [9.17, 15) is 0 Å². The molecule has 16 heteroatoms. The zero-order valence-electron chi connectivity index (χ0n) is 29.0. The third-order valence-corrected chi connectivity index (χ3v) is 18.7. The van der Waals surface area contributed by atoms with Crippen molar-refractivity contribution in [1.82, 2.24) is 0 Å². The van der Waals surface area contributed by atoms with Gasteiger partial charge in [-0.2, -0.15) is 0 Å². The molecule has 8 aromatic rings. The summed E-state index contributed by atoms with van der Waals surface area (Å²) in [7, 11) is 0. The van der Waals surface area contributed by atoms with Gasteiger partial charge in [0.1, 0.15) is 52.9 Å². The van der Waals surface area contributed by atoms with Crippen LogP contribution in [0.5, 0.6) is 46.0 Å². The highest BCUT2D eigenvalue weighted by atomic mass is 32.1. The van der Waals surface area contributed by atoms with Crippen LogP contribution in [0.4, 0.5) is 0 Å². The molecule has 0 saturated carbocycles. The molecule has 0 aromatic carbocycles. The SMILES string of the molecule is c1cc(-c2scc3c2OCCO3)sc1-c1cc(-c2scc3c2OCCO3)sc1-c1sc(-c2scc3c2OCCO3)cc1-c1ccc(-c2scc3c2OCCO3)s1. The van der Waals surface area contributed by atoms with Crippen molar-refractivity contribution in [2.24, 2.45) is 0 Å². The lowest BCUT2D eigenvalue weighted by Gasteiger charge is -2.15. The molecule has 0 radical (unpaired) electrons. The molecule has 0 fully saturated rings. The molecule has 8 aromatic heterocycles. The average Bonchev–Trinajstić information content (AvgIpc) is 4.08. The first-order valence-electron chi connectivity index (χ1n) is 17.7. The van der Waals surface area contributed by atoms with Crippen LogP contribution in [0.3, 0.4) is 0 Å². The Hall–Kier alpha value is -4.00. The Balaban J connectivity index is 1.04. The maximum absolute atomic E-state index is 6.22. The Kier molecular flexibility index (Phi) is 8.42. The monoisotopic (exact) mass is 890 g/mol. The second-order valence-electron chi connectivity index (χ2n) is 12.9. The van der Waals surface area contributed by atoms with Crippen LogP contribution in [0.2, 0.25) is 0 Å². The first-order valence-corrected chi connectivity index (χ1v) is 24.5. The predicted octanol–water partition coefficient (Wildman–Crippen LogP) is 12.9. The number of ether oxygens (including phenoxy) is 8. The minimum atomic E-state index is 0.535. The van der Waals surface area contributed by atoms with Crippen molar-refractivity contribution in [3.05, 3.63) is 57.9 Å². The van der Waals surface area contributed by atoms with Crippen molar-refractivity contribution in [2.45, 2.75) is 0 Å². The molecule has 8 nitrogen and oxygen atoms in total. The number of thiophene rings is 8. The Bertz CT molecular complexity index is 2580. The summed E-state index contributed by atoms with van der Waals surface area (Å²) in [6.07, 6.45) is 0. The van der Waals surface area contributed by atoms with Crippen molar-refractivity contribution in [3.8, 4) is 116 Å². The van der Waals surface area contributed by atoms with Crippen LogP contribution >= 0.6 is 90.7 Å². The highest BCUT2D eigenvalue weighted by Crippen LogP contribution is 2.59. The minimum absolute atomic E-state index is 0.535. The van der Waals surface area contributed by atoms with Crippen LogP contribution in [0, 0.1) is 0 Å². The van der Waals surface area contributed by atoms with Crippen LogP contribution in [-0.2, 0) is 0 Å². The molecule has 4 aliphatic rings. The third-order valence-electron chi connectivity index (χ3n) is 9.51. The molecule has 12 heterocycles. The summed E-state index contributed by atoms with van der Waals surface area (Å²) in [5, 5.41) is 8.24. The molecule has 0 unspecified atom stereocenters. The van der Waals surface area contributed by atoms with E-state index in [0.29, 0.717) is 52.9 Å².